The zero-order chi connectivity index (χ0) is 19.0. The number of fused-ring (bicyclic) bond motifs is 1. The summed E-state index contributed by atoms with van der Waals surface area (Å²) < 4.78 is 23.7. The van der Waals surface area contributed by atoms with Crippen molar-refractivity contribution in [2.75, 3.05) is 14.2 Å². The van der Waals surface area contributed by atoms with Gasteiger partial charge in [0.1, 0.15) is 5.82 Å². The lowest BCUT2D eigenvalue weighted by Gasteiger charge is -2.08. The molecule has 0 atom stereocenters. The van der Waals surface area contributed by atoms with Crippen molar-refractivity contribution in [3.63, 3.8) is 0 Å². The van der Waals surface area contributed by atoms with Crippen molar-refractivity contribution in [3.05, 3.63) is 70.7 Å². The van der Waals surface area contributed by atoms with Crippen LogP contribution in [0.5, 0.6) is 11.5 Å². The van der Waals surface area contributed by atoms with Crippen LogP contribution in [0.25, 0.3) is 17.3 Å². The quantitative estimate of drug-likeness (QED) is 0.709. The second-order valence-electron chi connectivity index (χ2n) is 6.26. The number of H-pyrrole nitrogens is 1. The fourth-order valence-corrected chi connectivity index (χ4v) is 3.22. The summed E-state index contributed by atoms with van der Waals surface area (Å²) in [6.45, 7) is 0. The number of carbonyl (C=O) groups is 1. The van der Waals surface area contributed by atoms with Crippen LogP contribution in [-0.2, 0) is 6.42 Å². The molecular weight excluding hydrogens is 347 g/mol. The predicted octanol–water partition coefficient (Wildman–Crippen LogP) is 4.06. The normalized spacial score (nSPS) is 14.5. The Labute approximate surface area is 155 Å². The van der Waals surface area contributed by atoms with Crippen LogP contribution in [0.4, 0.5) is 4.39 Å². The van der Waals surface area contributed by atoms with Gasteiger partial charge >= 0.3 is 0 Å². The Balaban J connectivity index is 1.63. The summed E-state index contributed by atoms with van der Waals surface area (Å²) in [6, 6.07) is 11.5. The van der Waals surface area contributed by atoms with E-state index in [9.17, 15) is 9.18 Å². The maximum Gasteiger partial charge on any atom is 0.189 e. The van der Waals surface area contributed by atoms with Crippen molar-refractivity contribution in [3.8, 4) is 22.8 Å². The number of ketones is 1. The van der Waals surface area contributed by atoms with Gasteiger partial charge in [-0.1, -0.05) is 0 Å². The largest absolute Gasteiger partial charge is 0.493 e. The number of carbonyl (C=O) groups excluding carboxylic acids is 1. The number of aromatic nitrogens is 2. The van der Waals surface area contributed by atoms with Crippen molar-refractivity contribution in [1.29, 1.82) is 0 Å². The average molecular weight is 364 g/mol. The van der Waals surface area contributed by atoms with E-state index < -0.39 is 0 Å². The van der Waals surface area contributed by atoms with E-state index in [2.05, 4.69) is 10.2 Å². The first-order chi connectivity index (χ1) is 13.1. The minimum Gasteiger partial charge on any atom is -0.493 e. The summed E-state index contributed by atoms with van der Waals surface area (Å²) in [6.07, 6.45) is 2.31. The van der Waals surface area contributed by atoms with Crippen LogP contribution in [0, 0.1) is 5.82 Å². The molecule has 5 nitrogen and oxygen atoms in total. The molecule has 1 aliphatic rings. The van der Waals surface area contributed by atoms with Gasteiger partial charge in [-0.25, -0.2) is 4.39 Å². The number of methoxy groups -OCH3 is 2. The number of hydrogen-bond acceptors (Lipinski definition) is 4. The zero-order valence-corrected chi connectivity index (χ0v) is 14.9. The molecule has 4 rings (SSSR count). The Morgan fingerprint density at radius 1 is 1.07 bits per heavy atom. The minimum absolute atomic E-state index is 0.0381. The lowest BCUT2D eigenvalue weighted by molar-refractivity contribution is 0.104. The highest BCUT2D eigenvalue weighted by Gasteiger charge is 2.27. The van der Waals surface area contributed by atoms with Gasteiger partial charge in [-0.2, -0.15) is 5.10 Å². The molecule has 3 aromatic rings. The van der Waals surface area contributed by atoms with Gasteiger partial charge in [0.25, 0.3) is 0 Å². The van der Waals surface area contributed by atoms with Crippen LogP contribution in [0.3, 0.4) is 0 Å². The standard InChI is InChI=1S/C21H17FN2O3/c1-26-19-9-13-7-14(21(25)17(13)11-20(19)27-2)8-16-10-18(24-23-16)12-3-5-15(22)6-4-12/h3-6,8-11H,7H2,1-2H3,(H,23,24)/b14-8+. The van der Waals surface area contributed by atoms with Gasteiger partial charge in [0.15, 0.2) is 17.3 Å². The third-order valence-corrected chi connectivity index (χ3v) is 4.59. The number of ether oxygens (including phenoxy) is 2. The molecule has 0 spiro atoms. The Bertz CT molecular complexity index is 1050. The van der Waals surface area contributed by atoms with E-state index in [0.717, 1.165) is 11.1 Å². The molecule has 2 aromatic carbocycles. The summed E-state index contributed by atoms with van der Waals surface area (Å²) in [5.41, 5.74) is 4.39. The summed E-state index contributed by atoms with van der Waals surface area (Å²) in [4.78, 5) is 12.7. The summed E-state index contributed by atoms with van der Waals surface area (Å²) in [5, 5.41) is 7.16. The average Bonchev–Trinajstić information content (AvgIpc) is 3.26. The van der Waals surface area contributed by atoms with Gasteiger partial charge in [-0.3, -0.25) is 9.89 Å². The topological polar surface area (TPSA) is 64.2 Å². The summed E-state index contributed by atoms with van der Waals surface area (Å²) >= 11 is 0. The van der Waals surface area contributed by atoms with E-state index in [0.29, 0.717) is 40.4 Å². The highest BCUT2D eigenvalue weighted by Crippen LogP contribution is 2.37. The number of Topliss-reactive ketones (excluding diaryl/α,β-unsaturated/α-hetero) is 1. The van der Waals surface area contributed by atoms with Crippen LogP contribution in [0.15, 0.2) is 48.0 Å². The van der Waals surface area contributed by atoms with Crippen molar-refractivity contribution >= 4 is 11.9 Å². The Morgan fingerprint density at radius 3 is 2.48 bits per heavy atom. The highest BCUT2D eigenvalue weighted by molar-refractivity contribution is 6.15. The number of nitrogens with zero attached hydrogens (tertiary/aromatic N) is 1. The van der Waals surface area contributed by atoms with Crippen LogP contribution in [-0.4, -0.2) is 30.2 Å². The lowest BCUT2D eigenvalue weighted by atomic mass is 10.1. The number of rotatable bonds is 4. The molecule has 0 bridgehead atoms. The molecule has 0 amide bonds. The van der Waals surface area contributed by atoms with E-state index in [1.54, 1.807) is 38.5 Å². The Morgan fingerprint density at radius 2 is 1.78 bits per heavy atom. The number of benzene rings is 2. The first-order valence-electron chi connectivity index (χ1n) is 8.40. The van der Waals surface area contributed by atoms with E-state index in [1.165, 1.54) is 12.1 Å². The maximum absolute atomic E-state index is 13.1. The number of allylic oxidation sites excluding steroid dienone is 1. The Kier molecular flexibility index (Phi) is 4.24. The minimum atomic E-state index is -0.295. The van der Waals surface area contributed by atoms with Crippen LogP contribution in [0.1, 0.15) is 21.6 Å². The SMILES string of the molecule is COc1cc2c(cc1OC)C(=O)/C(=C/c1cc(-c3ccc(F)cc3)n[nH]1)C2. The molecule has 0 fully saturated rings. The molecule has 136 valence electrons. The molecule has 0 unspecified atom stereocenters. The molecular formula is C21H17FN2O3. The molecule has 27 heavy (non-hydrogen) atoms. The third-order valence-electron chi connectivity index (χ3n) is 4.59. The molecule has 1 aliphatic carbocycles. The third kappa shape index (κ3) is 3.10. The van der Waals surface area contributed by atoms with E-state index in [-0.39, 0.29) is 11.6 Å². The second kappa shape index (κ2) is 6.72. The number of hydrogen-bond donors (Lipinski definition) is 1. The van der Waals surface area contributed by atoms with Gasteiger partial charge in [0.2, 0.25) is 0 Å². The second-order valence-corrected chi connectivity index (χ2v) is 6.26. The van der Waals surface area contributed by atoms with Crippen LogP contribution >= 0.6 is 0 Å². The van der Waals surface area contributed by atoms with Gasteiger partial charge in [-0.15, -0.1) is 0 Å². The van der Waals surface area contributed by atoms with Gasteiger partial charge < -0.3 is 9.47 Å². The smallest absolute Gasteiger partial charge is 0.189 e. The van der Waals surface area contributed by atoms with Crippen LogP contribution < -0.4 is 9.47 Å². The lowest BCUT2D eigenvalue weighted by Crippen LogP contribution is -1.97. The molecule has 0 saturated carbocycles. The monoisotopic (exact) mass is 364 g/mol. The van der Waals surface area contributed by atoms with Gasteiger partial charge in [0, 0.05) is 23.1 Å². The predicted molar refractivity (Wildman–Crippen MR) is 99.5 cm³/mol. The van der Waals surface area contributed by atoms with Crippen molar-refractivity contribution in [1.82, 2.24) is 10.2 Å². The number of aromatic amines is 1. The van der Waals surface area contributed by atoms with Crippen molar-refractivity contribution < 1.29 is 18.7 Å². The Hall–Kier alpha value is -3.41. The molecule has 6 heteroatoms. The van der Waals surface area contributed by atoms with Crippen molar-refractivity contribution in [2.45, 2.75) is 6.42 Å². The fraction of sp³-hybridized carbons (Fsp3) is 0.143. The molecule has 0 radical (unpaired) electrons. The maximum atomic E-state index is 13.1. The molecule has 1 heterocycles. The molecule has 1 aromatic heterocycles. The molecule has 0 saturated heterocycles. The zero-order valence-electron chi connectivity index (χ0n) is 14.9. The molecule has 0 aliphatic heterocycles. The van der Waals surface area contributed by atoms with E-state index in [4.69, 9.17) is 9.47 Å². The fourth-order valence-electron chi connectivity index (χ4n) is 3.22. The van der Waals surface area contributed by atoms with Gasteiger partial charge in [-0.05, 0) is 54.1 Å². The highest BCUT2D eigenvalue weighted by atomic mass is 19.1. The van der Waals surface area contributed by atoms with Gasteiger partial charge in [0.05, 0.1) is 25.6 Å². The number of nitrogens with one attached hydrogen (secondary N) is 1. The first-order valence-corrected chi connectivity index (χ1v) is 8.40. The first kappa shape index (κ1) is 17.0. The summed E-state index contributed by atoms with van der Waals surface area (Å²) in [5.74, 6) is 0.803. The van der Waals surface area contributed by atoms with E-state index in [1.807, 2.05) is 12.1 Å². The summed E-state index contributed by atoms with van der Waals surface area (Å²) in [7, 11) is 3.11. The van der Waals surface area contributed by atoms with Crippen LogP contribution in [0.2, 0.25) is 0 Å². The van der Waals surface area contributed by atoms with Crippen molar-refractivity contribution in [2.24, 2.45) is 0 Å². The number of halogens is 1. The van der Waals surface area contributed by atoms with E-state index >= 15 is 0 Å². The molecule has 1 N–H and O–H groups in total.